The highest BCUT2D eigenvalue weighted by molar-refractivity contribution is 6.88. The van der Waals surface area contributed by atoms with E-state index >= 15 is 0 Å². The Morgan fingerprint density at radius 1 is 1.05 bits per heavy atom. The van der Waals surface area contributed by atoms with Crippen molar-refractivity contribution < 1.29 is 5.11 Å². The zero-order chi connectivity index (χ0) is 15.2. The Balaban J connectivity index is 2.43. The van der Waals surface area contributed by atoms with Crippen LogP contribution in [0.5, 0.6) is 0 Å². The first-order valence-electron chi connectivity index (χ1n) is 7.86. The van der Waals surface area contributed by atoms with Crippen LogP contribution in [0.25, 0.3) is 0 Å². The van der Waals surface area contributed by atoms with E-state index in [2.05, 4.69) is 63.1 Å². The van der Waals surface area contributed by atoms with Crippen LogP contribution in [0.4, 0.5) is 0 Å². The number of hydrogen-bond donors (Lipinski definition) is 2. The summed E-state index contributed by atoms with van der Waals surface area (Å²) in [5.41, 5.74) is 1.30. The molecule has 3 heteroatoms. The minimum Gasteiger partial charge on any atom is -0.392 e. The fraction of sp³-hybridized carbons (Fsp3) is 0.647. The second-order valence-corrected chi connectivity index (χ2v) is 11.8. The maximum Gasteiger partial charge on any atom is 0.0775 e. The summed E-state index contributed by atoms with van der Waals surface area (Å²) in [5.74, 6) is 0.414. The van der Waals surface area contributed by atoms with Gasteiger partial charge in [-0.15, -0.1) is 0 Å². The minimum atomic E-state index is -1.19. The molecule has 1 aromatic carbocycles. The molecule has 0 heterocycles. The van der Waals surface area contributed by atoms with Crippen LogP contribution >= 0.6 is 0 Å². The van der Waals surface area contributed by atoms with Gasteiger partial charge < -0.3 is 10.4 Å². The Morgan fingerprint density at radius 2 is 1.60 bits per heavy atom. The van der Waals surface area contributed by atoms with Crippen molar-refractivity contribution in [1.29, 1.82) is 0 Å². The van der Waals surface area contributed by atoms with E-state index in [4.69, 9.17) is 0 Å². The van der Waals surface area contributed by atoms with E-state index in [1.165, 1.54) is 10.8 Å². The first kappa shape index (κ1) is 17.4. The van der Waals surface area contributed by atoms with E-state index in [0.29, 0.717) is 12.5 Å². The van der Waals surface area contributed by atoms with Crippen LogP contribution in [0.2, 0.25) is 19.6 Å². The zero-order valence-electron chi connectivity index (χ0n) is 13.7. The Hall–Kier alpha value is -0.643. The lowest BCUT2D eigenvalue weighted by Crippen LogP contribution is -2.37. The molecule has 0 aliphatic rings. The van der Waals surface area contributed by atoms with Crippen LogP contribution in [-0.4, -0.2) is 25.8 Å². The normalized spacial score (nSPS) is 13.8. The van der Waals surface area contributed by atoms with Crippen LogP contribution in [0.1, 0.15) is 32.3 Å². The van der Waals surface area contributed by atoms with E-state index in [0.717, 1.165) is 19.4 Å². The summed E-state index contributed by atoms with van der Waals surface area (Å²) in [6.07, 6.45) is 1.86. The van der Waals surface area contributed by atoms with E-state index in [-0.39, 0.29) is 6.10 Å². The zero-order valence-corrected chi connectivity index (χ0v) is 14.7. The third-order valence-corrected chi connectivity index (χ3v) is 6.16. The van der Waals surface area contributed by atoms with Crippen molar-refractivity contribution in [2.24, 2.45) is 5.92 Å². The molecule has 1 unspecified atom stereocenters. The van der Waals surface area contributed by atoms with Gasteiger partial charge in [0, 0.05) is 13.1 Å². The molecule has 0 radical (unpaired) electrons. The van der Waals surface area contributed by atoms with E-state index in [9.17, 15) is 5.11 Å². The van der Waals surface area contributed by atoms with Gasteiger partial charge in [-0.2, -0.15) is 0 Å². The molecule has 1 atom stereocenters. The van der Waals surface area contributed by atoms with E-state index in [1.54, 1.807) is 0 Å². The lowest BCUT2D eigenvalue weighted by Gasteiger charge is -2.20. The predicted octanol–water partition coefficient (Wildman–Crippen LogP) is 3.12. The highest BCUT2D eigenvalue weighted by atomic mass is 28.3. The second-order valence-electron chi connectivity index (χ2n) is 6.72. The van der Waals surface area contributed by atoms with Crippen molar-refractivity contribution in [2.45, 2.75) is 59.0 Å². The molecule has 2 nitrogen and oxygen atoms in total. The number of benzene rings is 1. The molecule has 2 N–H and O–H groups in total. The second kappa shape index (κ2) is 7.96. The van der Waals surface area contributed by atoms with Crippen molar-refractivity contribution in [2.75, 3.05) is 6.54 Å². The molecule has 0 bridgehead atoms. The quantitative estimate of drug-likeness (QED) is 0.722. The van der Waals surface area contributed by atoms with Gasteiger partial charge in [-0.25, -0.2) is 0 Å². The summed E-state index contributed by atoms with van der Waals surface area (Å²) in [7, 11) is -1.19. The van der Waals surface area contributed by atoms with Gasteiger partial charge in [0.2, 0.25) is 0 Å². The van der Waals surface area contributed by atoms with Gasteiger partial charge in [-0.1, -0.05) is 75.8 Å². The molecule has 114 valence electrons. The molecule has 1 aromatic rings. The van der Waals surface area contributed by atoms with Crippen molar-refractivity contribution in [1.82, 2.24) is 5.32 Å². The Morgan fingerprint density at radius 3 is 2.05 bits per heavy atom. The average molecular weight is 294 g/mol. The summed E-state index contributed by atoms with van der Waals surface area (Å²) >= 11 is 0. The maximum atomic E-state index is 10.1. The first-order chi connectivity index (χ1) is 9.38. The van der Waals surface area contributed by atoms with Crippen LogP contribution in [0.3, 0.4) is 0 Å². The molecule has 0 aliphatic heterocycles. The molecule has 0 aromatic heterocycles. The lowest BCUT2D eigenvalue weighted by molar-refractivity contribution is 0.101. The standard InChI is InChI=1S/C17H31NOSi/c1-6-15(7-2)17(19)13-18-12-14-8-10-16(11-9-14)20(3,4)5/h8-11,15,17-19H,6-7,12-13H2,1-5H3. The van der Waals surface area contributed by atoms with Crippen molar-refractivity contribution in [3.63, 3.8) is 0 Å². The predicted molar refractivity (Wildman–Crippen MR) is 91.2 cm³/mol. The molecule has 0 saturated carbocycles. The smallest absolute Gasteiger partial charge is 0.0775 e. The highest BCUT2D eigenvalue weighted by Crippen LogP contribution is 2.12. The molecule has 0 saturated heterocycles. The molecule has 0 amide bonds. The Bertz CT molecular complexity index is 379. The molecule has 0 fully saturated rings. The third-order valence-electron chi connectivity index (χ3n) is 4.10. The van der Waals surface area contributed by atoms with Crippen LogP contribution in [0, 0.1) is 5.92 Å². The lowest BCUT2D eigenvalue weighted by atomic mass is 9.96. The van der Waals surface area contributed by atoms with Crippen molar-refractivity contribution >= 4 is 13.3 Å². The minimum absolute atomic E-state index is 0.230. The molecule has 1 rings (SSSR count). The SMILES string of the molecule is CCC(CC)C(O)CNCc1ccc([Si](C)(C)C)cc1. The molecule has 20 heavy (non-hydrogen) atoms. The Kier molecular flexibility index (Phi) is 6.93. The van der Waals surface area contributed by atoms with Gasteiger partial charge in [0.05, 0.1) is 14.2 Å². The number of hydrogen-bond acceptors (Lipinski definition) is 2. The fourth-order valence-corrected chi connectivity index (χ4v) is 3.65. The van der Waals surface area contributed by atoms with Crippen LogP contribution in [0.15, 0.2) is 24.3 Å². The van der Waals surface area contributed by atoms with Crippen molar-refractivity contribution in [3.8, 4) is 0 Å². The van der Waals surface area contributed by atoms with Gasteiger partial charge in [0.25, 0.3) is 0 Å². The maximum absolute atomic E-state index is 10.1. The summed E-state index contributed by atoms with van der Waals surface area (Å²) in [5, 5.41) is 14.9. The number of nitrogens with one attached hydrogen (secondary N) is 1. The number of aliphatic hydroxyl groups excluding tert-OH is 1. The summed E-state index contributed by atoms with van der Waals surface area (Å²) in [6.45, 7) is 12.9. The van der Waals surface area contributed by atoms with Gasteiger partial charge in [0.15, 0.2) is 0 Å². The highest BCUT2D eigenvalue weighted by Gasteiger charge is 2.16. The van der Waals surface area contributed by atoms with Gasteiger partial charge >= 0.3 is 0 Å². The molecular formula is C17H31NOSi. The summed E-state index contributed by atoms with van der Waals surface area (Å²) in [4.78, 5) is 0. The summed E-state index contributed by atoms with van der Waals surface area (Å²) in [6, 6.07) is 8.95. The first-order valence-corrected chi connectivity index (χ1v) is 11.4. The molecular weight excluding hydrogens is 262 g/mol. The van der Waals surface area contributed by atoms with Gasteiger partial charge in [-0.3, -0.25) is 0 Å². The number of aliphatic hydroxyl groups is 1. The molecule has 0 aliphatic carbocycles. The summed E-state index contributed by atoms with van der Waals surface area (Å²) < 4.78 is 0. The monoisotopic (exact) mass is 293 g/mol. The van der Waals surface area contributed by atoms with Crippen LogP contribution in [-0.2, 0) is 6.54 Å². The van der Waals surface area contributed by atoms with Crippen molar-refractivity contribution in [3.05, 3.63) is 29.8 Å². The average Bonchev–Trinajstić information content (AvgIpc) is 2.39. The van der Waals surface area contributed by atoms with E-state index in [1.807, 2.05) is 0 Å². The fourth-order valence-electron chi connectivity index (χ4n) is 2.49. The Labute approximate surface area is 125 Å². The third kappa shape index (κ3) is 5.39. The van der Waals surface area contributed by atoms with E-state index < -0.39 is 8.07 Å². The van der Waals surface area contributed by atoms with Crippen LogP contribution < -0.4 is 10.5 Å². The van der Waals surface area contributed by atoms with Gasteiger partial charge in [0.1, 0.15) is 0 Å². The largest absolute Gasteiger partial charge is 0.392 e. The van der Waals surface area contributed by atoms with Gasteiger partial charge in [-0.05, 0) is 11.5 Å². The number of rotatable bonds is 8. The molecule has 0 spiro atoms. The topological polar surface area (TPSA) is 32.3 Å².